The van der Waals surface area contributed by atoms with E-state index in [9.17, 15) is 4.79 Å². The molecule has 4 heteroatoms. The second kappa shape index (κ2) is 4.44. The average Bonchev–Trinajstić information content (AvgIpc) is 2.16. The summed E-state index contributed by atoms with van der Waals surface area (Å²) in [7, 11) is 1.61. The molecule has 1 N–H and O–H groups in total. The van der Waals surface area contributed by atoms with E-state index >= 15 is 0 Å². The van der Waals surface area contributed by atoms with Gasteiger partial charge in [0, 0.05) is 17.8 Å². The Morgan fingerprint density at radius 3 is 2.36 bits per heavy atom. The molecule has 0 spiro atoms. The largest absolute Gasteiger partial charge is 0.384 e. The molecular formula is C10H12ClNO2. The lowest BCUT2D eigenvalue weighted by Gasteiger charge is -2.18. The zero-order valence-electron chi connectivity index (χ0n) is 8.07. The van der Waals surface area contributed by atoms with Gasteiger partial charge in [-0.15, -0.1) is 0 Å². The molecule has 0 aliphatic rings. The number of aliphatic hydroxyl groups is 1. The van der Waals surface area contributed by atoms with Crippen LogP contribution >= 0.6 is 11.6 Å². The normalized spacial score (nSPS) is 12.3. The fourth-order valence-electron chi connectivity index (χ4n) is 1.07. The summed E-state index contributed by atoms with van der Waals surface area (Å²) in [5, 5.41) is 9.71. The minimum atomic E-state index is -0.990. The van der Waals surface area contributed by atoms with E-state index in [1.807, 2.05) is 0 Å². The predicted octanol–water partition coefficient (Wildman–Crippen LogP) is 1.68. The van der Waals surface area contributed by atoms with Crippen LogP contribution in [-0.2, 0) is 4.79 Å². The Bertz CT molecular complexity index is 321. The van der Waals surface area contributed by atoms with E-state index in [2.05, 4.69) is 0 Å². The van der Waals surface area contributed by atoms with Crippen molar-refractivity contribution in [3.63, 3.8) is 0 Å². The third-order valence-corrected chi connectivity index (χ3v) is 2.15. The lowest BCUT2D eigenvalue weighted by molar-refractivity contribution is -0.125. The van der Waals surface area contributed by atoms with Gasteiger partial charge in [0.05, 0.1) is 0 Å². The Labute approximate surface area is 87.9 Å². The number of hydrogen-bond donors (Lipinski definition) is 1. The molecule has 0 saturated heterocycles. The van der Waals surface area contributed by atoms with E-state index in [1.54, 1.807) is 31.3 Å². The Kier molecular flexibility index (Phi) is 3.49. The molecule has 14 heavy (non-hydrogen) atoms. The van der Waals surface area contributed by atoms with Crippen molar-refractivity contribution in [2.24, 2.45) is 0 Å². The van der Waals surface area contributed by atoms with Crippen molar-refractivity contribution in [1.29, 1.82) is 0 Å². The molecule has 0 fully saturated rings. The van der Waals surface area contributed by atoms with E-state index in [1.165, 1.54) is 11.8 Å². The number of benzene rings is 1. The van der Waals surface area contributed by atoms with Gasteiger partial charge < -0.3 is 10.0 Å². The van der Waals surface area contributed by atoms with Crippen molar-refractivity contribution in [1.82, 2.24) is 0 Å². The summed E-state index contributed by atoms with van der Waals surface area (Å²) < 4.78 is 0. The Balaban J connectivity index is 2.84. The maximum absolute atomic E-state index is 11.4. The van der Waals surface area contributed by atoms with Crippen LogP contribution in [0.5, 0.6) is 0 Å². The minimum Gasteiger partial charge on any atom is -0.384 e. The topological polar surface area (TPSA) is 40.5 Å². The van der Waals surface area contributed by atoms with Gasteiger partial charge in [-0.1, -0.05) is 11.6 Å². The molecule has 1 amide bonds. The summed E-state index contributed by atoms with van der Waals surface area (Å²) in [6.45, 7) is 1.44. The molecule has 0 saturated carbocycles. The number of rotatable bonds is 2. The highest BCUT2D eigenvalue weighted by Gasteiger charge is 2.15. The number of aliphatic hydroxyl groups excluding tert-OH is 1. The first-order valence-electron chi connectivity index (χ1n) is 4.23. The van der Waals surface area contributed by atoms with Gasteiger partial charge in [0.1, 0.15) is 6.10 Å². The molecule has 1 aromatic rings. The molecular weight excluding hydrogens is 202 g/mol. The Morgan fingerprint density at radius 1 is 1.43 bits per heavy atom. The third-order valence-electron chi connectivity index (χ3n) is 1.90. The van der Waals surface area contributed by atoms with Crippen LogP contribution in [-0.4, -0.2) is 24.2 Å². The molecule has 1 unspecified atom stereocenters. The van der Waals surface area contributed by atoms with E-state index in [-0.39, 0.29) is 5.91 Å². The fraction of sp³-hybridized carbons (Fsp3) is 0.300. The quantitative estimate of drug-likeness (QED) is 0.812. The van der Waals surface area contributed by atoms with Gasteiger partial charge in [-0.2, -0.15) is 0 Å². The van der Waals surface area contributed by atoms with Crippen molar-refractivity contribution in [2.45, 2.75) is 13.0 Å². The van der Waals surface area contributed by atoms with Crippen molar-refractivity contribution < 1.29 is 9.90 Å². The second-order valence-corrected chi connectivity index (χ2v) is 3.49. The molecule has 1 rings (SSSR count). The number of nitrogens with zero attached hydrogens (tertiary/aromatic N) is 1. The zero-order valence-corrected chi connectivity index (χ0v) is 8.82. The van der Waals surface area contributed by atoms with Crippen LogP contribution in [0.15, 0.2) is 24.3 Å². The van der Waals surface area contributed by atoms with E-state index < -0.39 is 6.10 Å². The third kappa shape index (κ3) is 2.47. The predicted molar refractivity (Wildman–Crippen MR) is 56.5 cm³/mol. The smallest absolute Gasteiger partial charge is 0.255 e. The molecule has 3 nitrogen and oxygen atoms in total. The monoisotopic (exact) mass is 213 g/mol. The standard InChI is InChI=1S/C10H12ClNO2/c1-7(13)10(14)12(2)9-5-3-8(11)4-6-9/h3-7,13H,1-2H3. The first kappa shape index (κ1) is 11.0. The van der Waals surface area contributed by atoms with Crippen LogP contribution in [0.2, 0.25) is 5.02 Å². The summed E-state index contributed by atoms with van der Waals surface area (Å²) in [5.41, 5.74) is 0.709. The second-order valence-electron chi connectivity index (χ2n) is 3.05. The van der Waals surface area contributed by atoms with E-state index in [0.717, 1.165) is 0 Å². The van der Waals surface area contributed by atoms with Crippen molar-refractivity contribution >= 4 is 23.2 Å². The number of carbonyl (C=O) groups is 1. The minimum absolute atomic E-state index is 0.340. The van der Waals surface area contributed by atoms with Crippen molar-refractivity contribution in [3.8, 4) is 0 Å². The SMILES string of the molecule is CC(O)C(=O)N(C)c1ccc(Cl)cc1. The van der Waals surface area contributed by atoms with Gasteiger partial charge >= 0.3 is 0 Å². The summed E-state index contributed by atoms with van der Waals surface area (Å²) >= 11 is 5.71. The van der Waals surface area contributed by atoms with Crippen LogP contribution in [0, 0.1) is 0 Å². The molecule has 0 aliphatic heterocycles. The summed E-state index contributed by atoms with van der Waals surface area (Å²) in [6.07, 6.45) is -0.990. The summed E-state index contributed by atoms with van der Waals surface area (Å²) in [6, 6.07) is 6.84. The molecule has 0 heterocycles. The maximum atomic E-state index is 11.4. The molecule has 1 atom stereocenters. The van der Waals surface area contributed by atoms with Gasteiger partial charge in [-0.25, -0.2) is 0 Å². The molecule has 0 aromatic heterocycles. The molecule has 0 bridgehead atoms. The highest BCUT2D eigenvalue weighted by molar-refractivity contribution is 6.30. The van der Waals surface area contributed by atoms with Gasteiger partial charge in [0.15, 0.2) is 0 Å². The Morgan fingerprint density at radius 2 is 1.93 bits per heavy atom. The highest BCUT2D eigenvalue weighted by atomic mass is 35.5. The maximum Gasteiger partial charge on any atom is 0.255 e. The van der Waals surface area contributed by atoms with Gasteiger partial charge in [-0.05, 0) is 31.2 Å². The first-order valence-corrected chi connectivity index (χ1v) is 4.61. The zero-order chi connectivity index (χ0) is 10.7. The number of anilines is 1. The fourth-order valence-corrected chi connectivity index (χ4v) is 1.20. The molecule has 0 radical (unpaired) electrons. The van der Waals surface area contributed by atoms with Gasteiger partial charge in [-0.3, -0.25) is 4.79 Å². The van der Waals surface area contributed by atoms with Gasteiger partial charge in [0.2, 0.25) is 0 Å². The van der Waals surface area contributed by atoms with Gasteiger partial charge in [0.25, 0.3) is 5.91 Å². The molecule has 1 aromatic carbocycles. The highest BCUT2D eigenvalue weighted by Crippen LogP contribution is 2.17. The van der Waals surface area contributed by atoms with E-state index in [0.29, 0.717) is 10.7 Å². The number of halogens is 1. The average molecular weight is 214 g/mol. The first-order chi connectivity index (χ1) is 6.52. The molecule has 76 valence electrons. The van der Waals surface area contributed by atoms with Crippen molar-refractivity contribution in [2.75, 3.05) is 11.9 Å². The number of likely N-dealkylation sites (N-methyl/N-ethyl adjacent to an activating group) is 1. The van der Waals surface area contributed by atoms with Crippen LogP contribution in [0.25, 0.3) is 0 Å². The van der Waals surface area contributed by atoms with Crippen LogP contribution < -0.4 is 4.90 Å². The summed E-state index contributed by atoms with van der Waals surface area (Å²) in [4.78, 5) is 12.8. The number of carbonyl (C=O) groups excluding carboxylic acids is 1. The Hall–Kier alpha value is -1.06. The van der Waals surface area contributed by atoms with E-state index in [4.69, 9.17) is 16.7 Å². The van der Waals surface area contributed by atoms with Crippen LogP contribution in [0.3, 0.4) is 0 Å². The molecule has 0 aliphatic carbocycles. The van der Waals surface area contributed by atoms with Crippen LogP contribution in [0.1, 0.15) is 6.92 Å². The number of amides is 1. The van der Waals surface area contributed by atoms with Crippen LogP contribution in [0.4, 0.5) is 5.69 Å². The van der Waals surface area contributed by atoms with Crippen molar-refractivity contribution in [3.05, 3.63) is 29.3 Å². The summed E-state index contributed by atoms with van der Waals surface area (Å²) in [5.74, 6) is -0.340. The lowest BCUT2D eigenvalue weighted by Crippen LogP contribution is -2.34. The number of hydrogen-bond acceptors (Lipinski definition) is 2. The lowest BCUT2D eigenvalue weighted by atomic mass is 10.2.